The zero-order valence-corrected chi connectivity index (χ0v) is 7.44. The van der Waals surface area contributed by atoms with Crippen molar-refractivity contribution < 1.29 is 10.2 Å². The van der Waals surface area contributed by atoms with E-state index in [0.29, 0.717) is 0 Å². The smallest absolute Gasteiger partial charge is 0.109 e. The van der Waals surface area contributed by atoms with Crippen LogP contribution in [-0.4, -0.2) is 16.3 Å². The van der Waals surface area contributed by atoms with E-state index in [2.05, 4.69) is 0 Å². The first-order valence-electron chi connectivity index (χ1n) is 4.33. The van der Waals surface area contributed by atoms with Gasteiger partial charge < -0.3 is 10.2 Å². The van der Waals surface area contributed by atoms with Crippen molar-refractivity contribution in [2.24, 2.45) is 0 Å². The van der Waals surface area contributed by atoms with Crippen molar-refractivity contribution in [3.05, 3.63) is 41.0 Å². The van der Waals surface area contributed by atoms with Crippen LogP contribution in [0.2, 0.25) is 0 Å². The second-order valence-corrected chi connectivity index (χ2v) is 3.41. The summed E-state index contributed by atoms with van der Waals surface area (Å²) in [5.41, 5.74) is 2.62. The largest absolute Gasteiger partial charge is 0.386 e. The van der Waals surface area contributed by atoms with Gasteiger partial charge in [-0.3, -0.25) is 0 Å². The molecule has 0 radical (unpaired) electrons. The van der Waals surface area contributed by atoms with E-state index in [9.17, 15) is 10.2 Å². The SMILES string of the molecule is CC1=Cc2ccccc2[C@H](O)[C@@H]1O. The molecule has 0 bridgehead atoms. The molecule has 0 heterocycles. The third kappa shape index (κ3) is 1.28. The van der Waals surface area contributed by atoms with Gasteiger partial charge in [-0.1, -0.05) is 30.3 Å². The highest BCUT2D eigenvalue weighted by Crippen LogP contribution is 2.31. The molecule has 13 heavy (non-hydrogen) atoms. The van der Waals surface area contributed by atoms with Gasteiger partial charge in [0, 0.05) is 0 Å². The quantitative estimate of drug-likeness (QED) is 0.629. The topological polar surface area (TPSA) is 40.5 Å². The molecule has 1 aliphatic carbocycles. The highest BCUT2D eigenvalue weighted by molar-refractivity contribution is 5.61. The Kier molecular flexibility index (Phi) is 1.94. The van der Waals surface area contributed by atoms with Crippen molar-refractivity contribution in [3.63, 3.8) is 0 Å². The lowest BCUT2D eigenvalue weighted by Crippen LogP contribution is -2.23. The molecule has 0 unspecified atom stereocenters. The predicted molar refractivity (Wildman–Crippen MR) is 51.1 cm³/mol. The number of rotatable bonds is 0. The number of benzene rings is 1. The zero-order chi connectivity index (χ0) is 9.42. The van der Waals surface area contributed by atoms with Gasteiger partial charge in [0.2, 0.25) is 0 Å². The molecule has 2 nitrogen and oxygen atoms in total. The Bertz CT molecular complexity index is 355. The fraction of sp³-hybridized carbons (Fsp3) is 0.273. The van der Waals surface area contributed by atoms with Crippen molar-refractivity contribution in [2.75, 3.05) is 0 Å². The van der Waals surface area contributed by atoms with Gasteiger partial charge in [0.1, 0.15) is 12.2 Å². The van der Waals surface area contributed by atoms with Crippen LogP contribution in [0.4, 0.5) is 0 Å². The van der Waals surface area contributed by atoms with Crippen LogP contribution in [-0.2, 0) is 0 Å². The first-order chi connectivity index (χ1) is 6.20. The lowest BCUT2D eigenvalue weighted by molar-refractivity contribution is 0.0399. The van der Waals surface area contributed by atoms with Gasteiger partial charge >= 0.3 is 0 Å². The number of fused-ring (bicyclic) bond motifs is 1. The van der Waals surface area contributed by atoms with Crippen molar-refractivity contribution in [1.82, 2.24) is 0 Å². The molecule has 2 heteroatoms. The summed E-state index contributed by atoms with van der Waals surface area (Å²) in [6, 6.07) is 7.57. The highest BCUT2D eigenvalue weighted by atomic mass is 16.3. The van der Waals surface area contributed by atoms with Gasteiger partial charge in [0.05, 0.1) is 0 Å². The molecule has 2 N–H and O–H groups in total. The summed E-state index contributed by atoms with van der Waals surface area (Å²) in [6.07, 6.45) is 0.378. The highest BCUT2D eigenvalue weighted by Gasteiger charge is 2.25. The number of aliphatic hydroxyl groups is 2. The molecule has 0 aromatic heterocycles. The van der Waals surface area contributed by atoms with E-state index in [-0.39, 0.29) is 0 Å². The fourth-order valence-corrected chi connectivity index (χ4v) is 1.66. The summed E-state index contributed by atoms with van der Waals surface area (Å²) in [6.45, 7) is 1.82. The molecule has 0 saturated heterocycles. The molecule has 0 amide bonds. The van der Waals surface area contributed by atoms with E-state index in [1.54, 1.807) is 0 Å². The summed E-state index contributed by atoms with van der Waals surface area (Å²) in [5, 5.41) is 19.3. The molecule has 1 aromatic rings. The molecular formula is C11H12O2. The maximum Gasteiger partial charge on any atom is 0.109 e. The molecule has 68 valence electrons. The van der Waals surface area contributed by atoms with Crippen LogP contribution in [0.3, 0.4) is 0 Å². The Labute approximate surface area is 77.1 Å². The first-order valence-corrected chi connectivity index (χ1v) is 4.33. The lowest BCUT2D eigenvalue weighted by atomic mass is 9.88. The van der Waals surface area contributed by atoms with Crippen LogP contribution in [0.1, 0.15) is 24.2 Å². The van der Waals surface area contributed by atoms with E-state index in [1.165, 1.54) is 0 Å². The monoisotopic (exact) mass is 176 g/mol. The Morgan fingerprint density at radius 2 is 1.77 bits per heavy atom. The van der Waals surface area contributed by atoms with Gasteiger partial charge in [0.15, 0.2) is 0 Å². The second-order valence-electron chi connectivity index (χ2n) is 3.41. The Morgan fingerprint density at radius 1 is 1.08 bits per heavy atom. The molecule has 0 saturated carbocycles. The molecular weight excluding hydrogens is 164 g/mol. The van der Waals surface area contributed by atoms with Crippen LogP contribution < -0.4 is 0 Å². The van der Waals surface area contributed by atoms with Gasteiger partial charge in [-0.15, -0.1) is 0 Å². The van der Waals surface area contributed by atoms with Gasteiger partial charge in [-0.05, 0) is 23.6 Å². The van der Waals surface area contributed by atoms with Gasteiger partial charge in [-0.25, -0.2) is 0 Å². The van der Waals surface area contributed by atoms with Crippen LogP contribution >= 0.6 is 0 Å². The van der Waals surface area contributed by atoms with Crippen molar-refractivity contribution in [1.29, 1.82) is 0 Å². The van der Waals surface area contributed by atoms with Crippen molar-refractivity contribution >= 4 is 6.08 Å². The maximum absolute atomic E-state index is 9.71. The predicted octanol–water partition coefficient (Wildman–Crippen LogP) is 1.50. The minimum Gasteiger partial charge on any atom is -0.386 e. The fourth-order valence-electron chi connectivity index (χ4n) is 1.66. The van der Waals surface area contributed by atoms with E-state index in [0.717, 1.165) is 16.7 Å². The van der Waals surface area contributed by atoms with Crippen LogP contribution in [0.25, 0.3) is 6.08 Å². The molecule has 0 fully saturated rings. The van der Waals surface area contributed by atoms with Crippen LogP contribution in [0, 0.1) is 0 Å². The Morgan fingerprint density at radius 3 is 2.54 bits per heavy atom. The molecule has 0 spiro atoms. The van der Waals surface area contributed by atoms with Gasteiger partial charge in [0.25, 0.3) is 0 Å². The average Bonchev–Trinajstić information content (AvgIpc) is 2.15. The third-order valence-electron chi connectivity index (χ3n) is 2.46. The second kappa shape index (κ2) is 2.98. The van der Waals surface area contributed by atoms with Crippen LogP contribution in [0.15, 0.2) is 29.8 Å². The van der Waals surface area contributed by atoms with Gasteiger partial charge in [-0.2, -0.15) is 0 Å². The van der Waals surface area contributed by atoms with E-state index in [4.69, 9.17) is 0 Å². The Hall–Kier alpha value is -1.12. The maximum atomic E-state index is 9.71. The third-order valence-corrected chi connectivity index (χ3v) is 2.46. The summed E-state index contributed by atoms with van der Waals surface area (Å²) in [4.78, 5) is 0. The first kappa shape index (κ1) is 8.48. The molecule has 2 atom stereocenters. The molecule has 0 aliphatic heterocycles. The number of aliphatic hydroxyl groups excluding tert-OH is 2. The lowest BCUT2D eigenvalue weighted by Gasteiger charge is -2.25. The van der Waals surface area contributed by atoms with E-state index < -0.39 is 12.2 Å². The van der Waals surface area contributed by atoms with Crippen LogP contribution in [0.5, 0.6) is 0 Å². The molecule has 1 aliphatic rings. The zero-order valence-electron chi connectivity index (χ0n) is 7.44. The minimum atomic E-state index is -0.777. The average molecular weight is 176 g/mol. The summed E-state index contributed by atoms with van der Waals surface area (Å²) in [5.74, 6) is 0. The Balaban J connectivity index is 2.56. The number of hydrogen-bond donors (Lipinski definition) is 2. The van der Waals surface area contributed by atoms with E-state index >= 15 is 0 Å². The summed E-state index contributed by atoms with van der Waals surface area (Å²) >= 11 is 0. The molecule has 2 rings (SSSR count). The van der Waals surface area contributed by atoms with Crippen molar-refractivity contribution in [2.45, 2.75) is 19.1 Å². The number of hydrogen-bond acceptors (Lipinski definition) is 2. The standard InChI is InChI=1S/C11H12O2/c1-7-6-8-4-2-3-5-9(8)11(13)10(7)12/h2-6,10-13H,1H3/t10-,11+/m1/s1. The summed E-state index contributed by atoms with van der Waals surface area (Å²) < 4.78 is 0. The van der Waals surface area contributed by atoms with Crippen molar-refractivity contribution in [3.8, 4) is 0 Å². The molecule has 1 aromatic carbocycles. The summed E-state index contributed by atoms with van der Waals surface area (Å²) in [7, 11) is 0. The van der Waals surface area contributed by atoms with E-state index in [1.807, 2.05) is 37.3 Å². The minimum absolute atomic E-state index is 0.755. The normalized spacial score (nSPS) is 26.5.